The largest absolute Gasteiger partial charge is 0.352 e. The molecular formula is C8H12N4O. The average Bonchev–Trinajstić information content (AvgIpc) is 2.18. The van der Waals surface area contributed by atoms with Crippen LogP contribution in [0.25, 0.3) is 0 Å². The monoisotopic (exact) mass is 180 g/mol. The number of hydrogen-bond donors (Lipinski definition) is 3. The second-order valence-electron chi connectivity index (χ2n) is 2.44. The first-order chi connectivity index (χ1) is 6.27. The topological polar surface area (TPSA) is 80.0 Å². The maximum absolute atomic E-state index is 11.2. The van der Waals surface area contributed by atoms with E-state index in [1.807, 2.05) is 6.92 Å². The van der Waals surface area contributed by atoms with Crippen LogP contribution in [0.3, 0.4) is 0 Å². The molecule has 0 radical (unpaired) electrons. The lowest BCUT2D eigenvalue weighted by molar-refractivity contribution is 0.0955. The van der Waals surface area contributed by atoms with Crippen molar-refractivity contribution < 1.29 is 4.79 Å². The smallest absolute Gasteiger partial charge is 0.252 e. The van der Waals surface area contributed by atoms with E-state index in [1.165, 1.54) is 6.20 Å². The normalized spacial score (nSPS) is 9.38. The quantitative estimate of drug-likeness (QED) is 0.456. The SMILES string of the molecule is CCNC(=O)c1ccc(NN)nc1. The molecule has 1 aromatic rings. The van der Waals surface area contributed by atoms with Gasteiger partial charge in [0, 0.05) is 12.7 Å². The molecule has 70 valence electrons. The van der Waals surface area contributed by atoms with Gasteiger partial charge in [0.2, 0.25) is 0 Å². The van der Waals surface area contributed by atoms with Gasteiger partial charge in [0.05, 0.1) is 5.56 Å². The van der Waals surface area contributed by atoms with Gasteiger partial charge in [-0.1, -0.05) is 0 Å². The zero-order chi connectivity index (χ0) is 9.68. The van der Waals surface area contributed by atoms with Crippen molar-refractivity contribution in [1.82, 2.24) is 10.3 Å². The molecular weight excluding hydrogens is 168 g/mol. The molecule has 1 heterocycles. The van der Waals surface area contributed by atoms with Crippen molar-refractivity contribution in [3.8, 4) is 0 Å². The fraction of sp³-hybridized carbons (Fsp3) is 0.250. The first-order valence-electron chi connectivity index (χ1n) is 3.98. The highest BCUT2D eigenvalue weighted by Crippen LogP contribution is 2.02. The molecule has 1 aromatic heterocycles. The third-order valence-electron chi connectivity index (χ3n) is 1.51. The van der Waals surface area contributed by atoms with Gasteiger partial charge in [0.1, 0.15) is 5.82 Å². The van der Waals surface area contributed by atoms with Gasteiger partial charge in [-0.25, -0.2) is 10.8 Å². The molecule has 0 unspecified atom stereocenters. The Morgan fingerprint density at radius 2 is 2.38 bits per heavy atom. The van der Waals surface area contributed by atoms with Gasteiger partial charge in [-0.15, -0.1) is 0 Å². The van der Waals surface area contributed by atoms with E-state index in [9.17, 15) is 4.79 Å². The first-order valence-corrected chi connectivity index (χ1v) is 3.98. The van der Waals surface area contributed by atoms with Crippen LogP contribution in [0.4, 0.5) is 5.82 Å². The van der Waals surface area contributed by atoms with Crippen molar-refractivity contribution in [3.05, 3.63) is 23.9 Å². The summed E-state index contributed by atoms with van der Waals surface area (Å²) in [5.74, 6) is 5.53. The third-order valence-corrected chi connectivity index (χ3v) is 1.51. The Morgan fingerprint density at radius 1 is 1.62 bits per heavy atom. The summed E-state index contributed by atoms with van der Waals surface area (Å²) in [5.41, 5.74) is 2.91. The van der Waals surface area contributed by atoms with Crippen molar-refractivity contribution in [2.45, 2.75) is 6.92 Å². The van der Waals surface area contributed by atoms with Crippen molar-refractivity contribution in [3.63, 3.8) is 0 Å². The van der Waals surface area contributed by atoms with Gasteiger partial charge in [0.15, 0.2) is 0 Å². The third kappa shape index (κ3) is 2.41. The summed E-state index contributed by atoms with van der Waals surface area (Å²) in [5, 5.41) is 2.67. The highest BCUT2D eigenvalue weighted by atomic mass is 16.1. The van der Waals surface area contributed by atoms with E-state index < -0.39 is 0 Å². The molecule has 0 aliphatic rings. The predicted molar refractivity (Wildman–Crippen MR) is 50.1 cm³/mol. The molecule has 4 N–H and O–H groups in total. The second kappa shape index (κ2) is 4.42. The lowest BCUT2D eigenvalue weighted by Gasteiger charge is -2.02. The molecule has 13 heavy (non-hydrogen) atoms. The Morgan fingerprint density at radius 3 is 2.85 bits per heavy atom. The molecule has 1 rings (SSSR count). The number of aromatic nitrogens is 1. The molecule has 0 aliphatic heterocycles. The van der Waals surface area contributed by atoms with Gasteiger partial charge in [-0.05, 0) is 19.1 Å². The average molecular weight is 180 g/mol. The van der Waals surface area contributed by atoms with Crippen LogP contribution >= 0.6 is 0 Å². The predicted octanol–water partition coefficient (Wildman–Crippen LogP) is 0.117. The molecule has 0 fully saturated rings. The standard InChI is InChI=1S/C8H12N4O/c1-2-10-8(13)6-3-4-7(12-9)11-5-6/h3-5H,2,9H2,1H3,(H,10,13)(H,11,12). The zero-order valence-corrected chi connectivity index (χ0v) is 7.37. The number of nitrogen functional groups attached to an aromatic ring is 1. The molecule has 5 nitrogen and oxygen atoms in total. The number of carbonyl (C=O) groups excluding carboxylic acids is 1. The van der Waals surface area contributed by atoms with Crippen LogP contribution in [0.2, 0.25) is 0 Å². The van der Waals surface area contributed by atoms with E-state index in [2.05, 4.69) is 15.7 Å². The van der Waals surface area contributed by atoms with Crippen LogP contribution in [0.15, 0.2) is 18.3 Å². The van der Waals surface area contributed by atoms with Gasteiger partial charge in [0.25, 0.3) is 5.91 Å². The number of carbonyl (C=O) groups is 1. The minimum atomic E-state index is -0.126. The molecule has 0 aromatic carbocycles. The molecule has 0 spiro atoms. The molecule has 1 amide bonds. The van der Waals surface area contributed by atoms with Crippen molar-refractivity contribution in [2.75, 3.05) is 12.0 Å². The molecule has 0 saturated carbocycles. The molecule has 0 atom stereocenters. The van der Waals surface area contributed by atoms with Crippen molar-refractivity contribution in [2.24, 2.45) is 5.84 Å². The maximum Gasteiger partial charge on any atom is 0.252 e. The summed E-state index contributed by atoms with van der Waals surface area (Å²) in [6.07, 6.45) is 1.47. The Kier molecular flexibility index (Phi) is 3.22. The van der Waals surface area contributed by atoms with Crippen LogP contribution in [0.1, 0.15) is 17.3 Å². The summed E-state index contributed by atoms with van der Waals surface area (Å²) >= 11 is 0. The Hall–Kier alpha value is -1.62. The fourth-order valence-corrected chi connectivity index (χ4v) is 0.876. The zero-order valence-electron chi connectivity index (χ0n) is 7.37. The van der Waals surface area contributed by atoms with Crippen molar-refractivity contribution >= 4 is 11.7 Å². The van der Waals surface area contributed by atoms with Crippen LogP contribution in [0.5, 0.6) is 0 Å². The van der Waals surface area contributed by atoms with Crippen LogP contribution in [-0.2, 0) is 0 Å². The van der Waals surface area contributed by atoms with Gasteiger partial charge >= 0.3 is 0 Å². The number of pyridine rings is 1. The number of nitrogens with zero attached hydrogens (tertiary/aromatic N) is 1. The second-order valence-corrected chi connectivity index (χ2v) is 2.44. The summed E-state index contributed by atoms with van der Waals surface area (Å²) in [4.78, 5) is 15.1. The van der Waals surface area contributed by atoms with E-state index >= 15 is 0 Å². The number of amides is 1. The first kappa shape index (κ1) is 9.47. The Bertz CT molecular complexity index is 283. The number of rotatable bonds is 3. The molecule has 5 heteroatoms. The minimum absolute atomic E-state index is 0.126. The number of hydrogen-bond acceptors (Lipinski definition) is 4. The number of hydrazine groups is 1. The van der Waals surface area contributed by atoms with Crippen LogP contribution < -0.4 is 16.6 Å². The van der Waals surface area contributed by atoms with E-state index in [4.69, 9.17) is 5.84 Å². The highest BCUT2D eigenvalue weighted by molar-refractivity contribution is 5.93. The Labute approximate surface area is 76.3 Å². The fourth-order valence-electron chi connectivity index (χ4n) is 0.876. The van der Waals surface area contributed by atoms with Crippen LogP contribution in [0, 0.1) is 0 Å². The number of anilines is 1. The Balaban J connectivity index is 2.74. The maximum atomic E-state index is 11.2. The summed E-state index contributed by atoms with van der Waals surface area (Å²) < 4.78 is 0. The summed E-state index contributed by atoms with van der Waals surface area (Å²) in [7, 11) is 0. The number of nitrogens with one attached hydrogen (secondary N) is 2. The van der Waals surface area contributed by atoms with E-state index in [-0.39, 0.29) is 5.91 Å². The lowest BCUT2D eigenvalue weighted by Crippen LogP contribution is -2.22. The van der Waals surface area contributed by atoms with Crippen molar-refractivity contribution in [1.29, 1.82) is 0 Å². The lowest BCUT2D eigenvalue weighted by atomic mass is 10.2. The summed E-state index contributed by atoms with van der Waals surface area (Å²) in [6.45, 7) is 2.47. The number of nitrogens with two attached hydrogens (primary N) is 1. The molecule has 0 bridgehead atoms. The van der Waals surface area contributed by atoms with Gasteiger partial charge in [-0.3, -0.25) is 4.79 Å². The van der Waals surface area contributed by atoms with Crippen LogP contribution in [-0.4, -0.2) is 17.4 Å². The molecule has 0 aliphatic carbocycles. The minimum Gasteiger partial charge on any atom is -0.352 e. The van der Waals surface area contributed by atoms with Gasteiger partial charge in [-0.2, -0.15) is 0 Å². The highest BCUT2D eigenvalue weighted by Gasteiger charge is 2.03. The summed E-state index contributed by atoms with van der Waals surface area (Å²) in [6, 6.07) is 3.30. The van der Waals surface area contributed by atoms with E-state index in [1.54, 1.807) is 12.1 Å². The molecule has 0 saturated heterocycles. The van der Waals surface area contributed by atoms with E-state index in [0.717, 1.165) is 0 Å². The van der Waals surface area contributed by atoms with E-state index in [0.29, 0.717) is 17.9 Å². The van der Waals surface area contributed by atoms with Gasteiger partial charge < -0.3 is 10.7 Å².